The van der Waals surface area contributed by atoms with Gasteiger partial charge >= 0.3 is 6.03 Å². The van der Waals surface area contributed by atoms with E-state index in [9.17, 15) is 9.59 Å². The quantitative estimate of drug-likeness (QED) is 0.695. The molecule has 0 heterocycles. The van der Waals surface area contributed by atoms with Gasteiger partial charge in [0.05, 0.1) is 20.3 Å². The summed E-state index contributed by atoms with van der Waals surface area (Å²) in [6.45, 7) is 2.36. The van der Waals surface area contributed by atoms with Gasteiger partial charge in [0.2, 0.25) is 5.91 Å². The number of benzene rings is 1. The zero-order valence-corrected chi connectivity index (χ0v) is 19.1. The van der Waals surface area contributed by atoms with Gasteiger partial charge in [-0.1, -0.05) is 6.07 Å². The maximum atomic E-state index is 12.7. The van der Waals surface area contributed by atoms with Crippen LogP contribution in [0.5, 0.6) is 11.5 Å². The van der Waals surface area contributed by atoms with Crippen LogP contribution in [0.4, 0.5) is 4.79 Å². The maximum absolute atomic E-state index is 12.7. The topological polar surface area (TPSA) is 79.9 Å². The largest absolute Gasteiger partial charge is 0.493 e. The second-order valence-corrected chi connectivity index (χ2v) is 9.92. The Hall–Kier alpha value is -2.28. The number of likely N-dealkylation sites (N-methyl/N-ethyl adjacent to an activating group) is 1. The Morgan fingerprint density at radius 2 is 1.65 bits per heavy atom. The molecule has 170 valence electrons. The van der Waals surface area contributed by atoms with E-state index in [1.807, 2.05) is 37.1 Å². The number of rotatable bonds is 7. The highest BCUT2D eigenvalue weighted by atomic mass is 16.5. The van der Waals surface area contributed by atoms with E-state index in [0.717, 1.165) is 42.6 Å². The standard InChI is InChI=1S/C24H35N3O4/c1-15(27(2)14-16-5-6-20(30-3)21(10-16)31-4)22(28)25-23(29)26-24-11-17-7-18(12-24)9-19(8-17)13-24/h5-6,10,15,17-19H,7-9,11-14H2,1-4H3,(H2,25,26,28,29)/t15-,17?,18?,19?,24?/m1/s1. The monoisotopic (exact) mass is 429 g/mol. The number of methoxy groups -OCH3 is 2. The van der Waals surface area contributed by atoms with Crippen molar-refractivity contribution in [1.82, 2.24) is 15.5 Å². The summed E-state index contributed by atoms with van der Waals surface area (Å²) < 4.78 is 10.6. The van der Waals surface area contributed by atoms with E-state index in [-0.39, 0.29) is 17.5 Å². The predicted octanol–water partition coefficient (Wildman–Crippen LogP) is 3.32. The number of hydrogen-bond donors (Lipinski definition) is 2. The van der Waals surface area contributed by atoms with Gasteiger partial charge in [-0.15, -0.1) is 0 Å². The van der Waals surface area contributed by atoms with Gasteiger partial charge in [-0.3, -0.25) is 15.0 Å². The van der Waals surface area contributed by atoms with Gasteiger partial charge in [0.25, 0.3) is 0 Å². The third-order valence-corrected chi connectivity index (χ3v) is 7.57. The van der Waals surface area contributed by atoms with E-state index in [2.05, 4.69) is 10.6 Å². The molecule has 3 amide bonds. The zero-order chi connectivity index (χ0) is 22.2. The lowest BCUT2D eigenvalue weighted by atomic mass is 9.53. The summed E-state index contributed by atoms with van der Waals surface area (Å²) >= 11 is 0. The lowest BCUT2D eigenvalue weighted by Gasteiger charge is -2.56. The highest BCUT2D eigenvalue weighted by molar-refractivity contribution is 5.97. The molecule has 0 aromatic heterocycles. The molecule has 0 aliphatic heterocycles. The molecule has 4 saturated carbocycles. The van der Waals surface area contributed by atoms with Crippen LogP contribution >= 0.6 is 0 Å². The third-order valence-electron chi connectivity index (χ3n) is 7.57. The summed E-state index contributed by atoms with van der Waals surface area (Å²) in [6, 6.07) is 4.90. The van der Waals surface area contributed by atoms with Crippen LogP contribution in [0.15, 0.2) is 18.2 Å². The van der Waals surface area contributed by atoms with Crippen LogP contribution < -0.4 is 20.1 Å². The molecular formula is C24H35N3O4. The SMILES string of the molecule is COc1ccc(CN(C)[C@H](C)C(=O)NC(=O)NC23CC4CC(CC(C4)C2)C3)cc1OC. The number of nitrogens with one attached hydrogen (secondary N) is 2. The summed E-state index contributed by atoms with van der Waals surface area (Å²) in [5.41, 5.74) is 0.895. The van der Waals surface area contributed by atoms with E-state index in [1.54, 1.807) is 14.2 Å². The third kappa shape index (κ3) is 4.66. The second-order valence-electron chi connectivity index (χ2n) is 9.92. The fourth-order valence-electron chi connectivity index (χ4n) is 6.36. The molecule has 0 radical (unpaired) electrons. The first-order chi connectivity index (χ1) is 14.8. The molecule has 0 spiro atoms. The van der Waals surface area contributed by atoms with Gasteiger partial charge in [0.15, 0.2) is 11.5 Å². The number of carbonyl (C=O) groups excluding carboxylic acids is 2. The van der Waals surface area contributed by atoms with Crippen molar-refractivity contribution in [2.75, 3.05) is 21.3 Å². The van der Waals surface area contributed by atoms with Crippen molar-refractivity contribution in [3.05, 3.63) is 23.8 Å². The van der Waals surface area contributed by atoms with Crippen molar-refractivity contribution in [2.45, 2.75) is 63.6 Å². The molecule has 4 aliphatic carbocycles. The first kappa shape index (κ1) is 21.9. The minimum atomic E-state index is -0.449. The molecule has 5 rings (SSSR count). The van der Waals surface area contributed by atoms with Crippen LogP contribution in [-0.4, -0.2) is 49.7 Å². The molecule has 31 heavy (non-hydrogen) atoms. The second kappa shape index (κ2) is 8.69. The molecule has 0 saturated heterocycles. The zero-order valence-electron chi connectivity index (χ0n) is 19.1. The number of ether oxygens (including phenoxy) is 2. The first-order valence-electron chi connectivity index (χ1n) is 11.3. The lowest BCUT2D eigenvalue weighted by Crippen LogP contribution is -2.62. The van der Waals surface area contributed by atoms with Crippen molar-refractivity contribution < 1.29 is 19.1 Å². The molecular weight excluding hydrogens is 394 g/mol. The minimum Gasteiger partial charge on any atom is -0.493 e. The van der Waals surface area contributed by atoms with E-state index in [0.29, 0.717) is 18.0 Å². The summed E-state index contributed by atoms with van der Waals surface area (Å²) in [6.07, 6.45) is 7.15. The van der Waals surface area contributed by atoms with Crippen molar-refractivity contribution in [3.8, 4) is 11.5 Å². The maximum Gasteiger partial charge on any atom is 0.321 e. The predicted molar refractivity (Wildman–Crippen MR) is 118 cm³/mol. The number of imide groups is 1. The van der Waals surface area contributed by atoms with Crippen LogP contribution in [0.3, 0.4) is 0 Å². The van der Waals surface area contributed by atoms with Crippen molar-refractivity contribution in [2.24, 2.45) is 17.8 Å². The number of urea groups is 1. The van der Waals surface area contributed by atoms with Crippen molar-refractivity contribution in [1.29, 1.82) is 0 Å². The fourth-order valence-corrected chi connectivity index (χ4v) is 6.36. The number of carbonyl (C=O) groups is 2. The summed E-state index contributed by atoms with van der Waals surface area (Å²) in [4.78, 5) is 27.3. The van der Waals surface area contributed by atoms with Crippen LogP contribution in [-0.2, 0) is 11.3 Å². The highest BCUT2D eigenvalue weighted by Gasteiger charge is 2.51. The van der Waals surface area contributed by atoms with Gasteiger partial charge in [-0.2, -0.15) is 0 Å². The Morgan fingerprint density at radius 3 is 2.19 bits per heavy atom. The van der Waals surface area contributed by atoms with Crippen LogP contribution in [0.1, 0.15) is 51.0 Å². The Morgan fingerprint density at radius 1 is 1.06 bits per heavy atom. The van der Waals surface area contributed by atoms with E-state index in [4.69, 9.17) is 9.47 Å². The van der Waals surface area contributed by atoms with Crippen molar-refractivity contribution in [3.63, 3.8) is 0 Å². The molecule has 4 aliphatic rings. The first-order valence-corrected chi connectivity index (χ1v) is 11.3. The average Bonchev–Trinajstić information content (AvgIpc) is 2.71. The summed E-state index contributed by atoms with van der Waals surface area (Å²) in [7, 11) is 5.08. The molecule has 7 nitrogen and oxygen atoms in total. The van der Waals surface area contributed by atoms with Crippen LogP contribution in [0.2, 0.25) is 0 Å². The Kier molecular flexibility index (Phi) is 6.15. The molecule has 1 atom stereocenters. The fraction of sp³-hybridized carbons (Fsp3) is 0.667. The summed E-state index contributed by atoms with van der Waals surface area (Å²) in [5.74, 6) is 3.27. The van der Waals surface area contributed by atoms with Crippen LogP contribution in [0, 0.1) is 17.8 Å². The van der Waals surface area contributed by atoms with Gasteiger partial charge in [0.1, 0.15) is 0 Å². The van der Waals surface area contributed by atoms with Gasteiger partial charge in [-0.25, -0.2) is 4.79 Å². The smallest absolute Gasteiger partial charge is 0.321 e. The Labute approximate surface area is 184 Å². The van der Waals surface area contributed by atoms with Gasteiger partial charge in [-0.05, 0) is 87.9 Å². The van der Waals surface area contributed by atoms with Crippen molar-refractivity contribution >= 4 is 11.9 Å². The Bertz CT molecular complexity index is 805. The average molecular weight is 430 g/mol. The van der Waals surface area contributed by atoms with Crippen LogP contribution in [0.25, 0.3) is 0 Å². The minimum absolute atomic E-state index is 0.103. The molecule has 2 N–H and O–H groups in total. The normalized spacial score (nSPS) is 29.5. The van der Waals surface area contributed by atoms with Gasteiger partial charge in [0, 0.05) is 12.1 Å². The number of hydrogen-bond acceptors (Lipinski definition) is 5. The molecule has 1 aromatic rings. The Balaban J connectivity index is 1.31. The van der Waals surface area contributed by atoms with E-state index >= 15 is 0 Å². The molecule has 1 aromatic carbocycles. The molecule has 4 bridgehead atoms. The van der Waals surface area contributed by atoms with Gasteiger partial charge < -0.3 is 14.8 Å². The number of nitrogens with zero attached hydrogens (tertiary/aromatic N) is 1. The molecule has 7 heteroatoms. The van der Waals surface area contributed by atoms with E-state index < -0.39 is 6.04 Å². The summed E-state index contributed by atoms with van der Waals surface area (Å²) in [5, 5.41) is 5.79. The highest BCUT2D eigenvalue weighted by Crippen LogP contribution is 2.55. The molecule has 0 unspecified atom stereocenters. The van der Waals surface area contributed by atoms with E-state index in [1.165, 1.54) is 19.3 Å². The lowest BCUT2D eigenvalue weighted by molar-refractivity contribution is -0.124. The molecule has 4 fully saturated rings. The number of amides is 3.